The monoisotopic (exact) mass is 318 g/mol. The minimum Gasteiger partial charge on any atom is -0.0823 e. The van der Waals surface area contributed by atoms with Gasteiger partial charge in [-0.1, -0.05) is 69.7 Å². The standard InChI is InChI=1S/C14H10Cl4/c1-5-3-7-4-6(2)8(5)10-9(7)11(15)13(17)14(18)12(10)16/h3-4,7-8H,1-2H3. The molecule has 0 spiro atoms. The second kappa shape index (κ2) is 4.18. The van der Waals surface area contributed by atoms with E-state index in [1.54, 1.807) is 0 Å². The van der Waals surface area contributed by atoms with Crippen LogP contribution in [0.3, 0.4) is 0 Å². The van der Waals surface area contributed by atoms with Crippen LogP contribution >= 0.6 is 46.4 Å². The van der Waals surface area contributed by atoms with E-state index in [0.717, 1.165) is 11.1 Å². The van der Waals surface area contributed by atoms with Gasteiger partial charge in [-0.05, 0) is 25.0 Å². The predicted molar refractivity (Wildman–Crippen MR) is 79.5 cm³/mol. The first-order chi connectivity index (χ1) is 8.43. The molecule has 1 aromatic rings. The highest BCUT2D eigenvalue weighted by Gasteiger charge is 2.37. The molecule has 4 rings (SSSR count). The van der Waals surface area contributed by atoms with Gasteiger partial charge in [0.15, 0.2) is 0 Å². The Morgan fingerprint density at radius 1 is 0.722 bits per heavy atom. The molecule has 3 aliphatic rings. The maximum absolute atomic E-state index is 6.38. The van der Waals surface area contributed by atoms with Gasteiger partial charge in [-0.3, -0.25) is 0 Å². The summed E-state index contributed by atoms with van der Waals surface area (Å²) in [6.45, 7) is 4.23. The molecule has 2 bridgehead atoms. The van der Waals surface area contributed by atoms with Gasteiger partial charge in [0.1, 0.15) is 0 Å². The van der Waals surface area contributed by atoms with Gasteiger partial charge in [-0.15, -0.1) is 0 Å². The molecule has 4 heteroatoms. The van der Waals surface area contributed by atoms with Crippen LogP contribution in [0.25, 0.3) is 0 Å². The third-order valence-electron chi connectivity index (χ3n) is 3.76. The number of hydrogen-bond donors (Lipinski definition) is 0. The Hall–Kier alpha value is -0.140. The largest absolute Gasteiger partial charge is 0.0823 e. The maximum Gasteiger partial charge on any atom is 0.0797 e. The molecule has 3 aliphatic carbocycles. The van der Waals surface area contributed by atoms with E-state index in [0.29, 0.717) is 20.1 Å². The summed E-state index contributed by atoms with van der Waals surface area (Å²) in [6, 6.07) is 0. The van der Waals surface area contributed by atoms with Crippen molar-refractivity contribution in [2.45, 2.75) is 25.7 Å². The molecule has 0 radical (unpaired) electrons. The summed E-state index contributed by atoms with van der Waals surface area (Å²) in [6.07, 6.45) is 4.43. The van der Waals surface area contributed by atoms with E-state index >= 15 is 0 Å². The molecule has 18 heavy (non-hydrogen) atoms. The van der Waals surface area contributed by atoms with E-state index in [9.17, 15) is 0 Å². The summed E-state index contributed by atoms with van der Waals surface area (Å²) in [5.74, 6) is 0.342. The van der Waals surface area contributed by atoms with Gasteiger partial charge in [-0.2, -0.15) is 0 Å². The molecule has 0 N–H and O–H groups in total. The second-order valence-corrected chi connectivity index (χ2v) is 6.38. The molecule has 0 fully saturated rings. The van der Waals surface area contributed by atoms with Gasteiger partial charge in [0, 0.05) is 11.8 Å². The van der Waals surface area contributed by atoms with Crippen LogP contribution in [0.15, 0.2) is 23.3 Å². The van der Waals surface area contributed by atoms with Gasteiger partial charge in [0.05, 0.1) is 20.1 Å². The minimum atomic E-state index is 0.157. The summed E-state index contributed by atoms with van der Waals surface area (Å²) >= 11 is 25.0. The van der Waals surface area contributed by atoms with Crippen LogP contribution in [0.2, 0.25) is 20.1 Å². The van der Waals surface area contributed by atoms with Crippen LogP contribution in [-0.4, -0.2) is 0 Å². The number of rotatable bonds is 0. The Balaban J connectivity index is 2.40. The summed E-state index contributed by atoms with van der Waals surface area (Å²) < 4.78 is 0. The fourth-order valence-electron chi connectivity index (χ4n) is 3.06. The molecule has 0 saturated heterocycles. The maximum atomic E-state index is 6.38. The van der Waals surface area contributed by atoms with Crippen LogP contribution in [0.5, 0.6) is 0 Å². The predicted octanol–water partition coefficient (Wildman–Crippen LogP) is 6.39. The first-order valence-corrected chi connectivity index (χ1v) is 7.17. The van der Waals surface area contributed by atoms with Crippen molar-refractivity contribution < 1.29 is 0 Å². The molecule has 0 atom stereocenters. The summed E-state index contributed by atoms with van der Waals surface area (Å²) in [4.78, 5) is 0. The summed E-state index contributed by atoms with van der Waals surface area (Å²) in [5.41, 5.74) is 4.63. The van der Waals surface area contributed by atoms with Crippen LogP contribution in [0, 0.1) is 0 Å². The normalized spacial score (nSPS) is 24.8. The first kappa shape index (κ1) is 12.9. The van der Waals surface area contributed by atoms with Crippen LogP contribution < -0.4 is 0 Å². The second-order valence-electron chi connectivity index (χ2n) is 4.86. The lowest BCUT2D eigenvalue weighted by molar-refractivity contribution is 0.780. The van der Waals surface area contributed by atoms with Crippen LogP contribution in [0.1, 0.15) is 36.8 Å². The van der Waals surface area contributed by atoms with E-state index in [4.69, 9.17) is 46.4 Å². The van der Waals surface area contributed by atoms with Crippen molar-refractivity contribution in [3.63, 3.8) is 0 Å². The highest BCUT2D eigenvalue weighted by atomic mass is 35.5. The molecule has 0 aromatic heterocycles. The van der Waals surface area contributed by atoms with Crippen LogP contribution in [-0.2, 0) is 0 Å². The fourth-order valence-corrected chi connectivity index (χ4v) is 4.18. The van der Waals surface area contributed by atoms with Crippen molar-refractivity contribution in [3.05, 3.63) is 54.5 Å². The van der Waals surface area contributed by atoms with E-state index in [1.807, 2.05) is 0 Å². The highest BCUT2D eigenvalue weighted by molar-refractivity contribution is 6.52. The Morgan fingerprint density at radius 2 is 1.17 bits per heavy atom. The lowest BCUT2D eigenvalue weighted by atomic mass is 9.69. The molecule has 0 aliphatic heterocycles. The number of halogens is 4. The van der Waals surface area contributed by atoms with Crippen molar-refractivity contribution in [3.8, 4) is 0 Å². The Labute approximate surface area is 126 Å². The summed E-state index contributed by atoms with van der Waals surface area (Å²) in [5, 5.41) is 1.78. The highest BCUT2D eigenvalue weighted by Crippen LogP contribution is 2.56. The lowest BCUT2D eigenvalue weighted by Gasteiger charge is -2.37. The zero-order valence-corrected chi connectivity index (χ0v) is 12.8. The number of benzene rings is 1. The Morgan fingerprint density at radius 3 is 1.67 bits per heavy atom. The zero-order valence-electron chi connectivity index (χ0n) is 9.82. The van der Waals surface area contributed by atoms with Crippen molar-refractivity contribution in [2.24, 2.45) is 0 Å². The van der Waals surface area contributed by atoms with Crippen LogP contribution in [0.4, 0.5) is 0 Å². The molecular weight excluding hydrogens is 310 g/mol. The molecule has 0 amide bonds. The van der Waals surface area contributed by atoms with Gasteiger partial charge < -0.3 is 0 Å². The first-order valence-electron chi connectivity index (χ1n) is 5.65. The van der Waals surface area contributed by atoms with E-state index in [2.05, 4.69) is 26.0 Å². The van der Waals surface area contributed by atoms with E-state index in [-0.39, 0.29) is 11.8 Å². The van der Waals surface area contributed by atoms with Gasteiger partial charge >= 0.3 is 0 Å². The molecule has 0 saturated carbocycles. The topological polar surface area (TPSA) is 0 Å². The average molecular weight is 320 g/mol. The third-order valence-corrected chi connectivity index (χ3v) is 5.59. The molecule has 94 valence electrons. The Bertz CT molecular complexity index is 605. The van der Waals surface area contributed by atoms with Crippen molar-refractivity contribution >= 4 is 46.4 Å². The molecule has 0 heterocycles. The average Bonchev–Trinajstić information content (AvgIpc) is 2.32. The van der Waals surface area contributed by atoms with E-state index < -0.39 is 0 Å². The molecular formula is C14H10Cl4. The summed E-state index contributed by atoms with van der Waals surface area (Å²) in [7, 11) is 0. The minimum absolute atomic E-state index is 0.157. The quantitative estimate of drug-likeness (QED) is 0.295. The molecule has 0 nitrogen and oxygen atoms in total. The fraction of sp³-hybridized carbons (Fsp3) is 0.286. The Kier molecular flexibility index (Phi) is 2.99. The van der Waals surface area contributed by atoms with E-state index in [1.165, 1.54) is 11.1 Å². The number of allylic oxidation sites excluding steroid dienone is 4. The molecule has 0 unspecified atom stereocenters. The van der Waals surface area contributed by atoms with Crippen molar-refractivity contribution in [1.82, 2.24) is 0 Å². The SMILES string of the molecule is CC1=CC2C=C(C)C1c1c(Cl)c(Cl)c(Cl)c(Cl)c12. The third kappa shape index (κ3) is 1.53. The smallest absolute Gasteiger partial charge is 0.0797 e. The zero-order chi connectivity index (χ0) is 13.2. The van der Waals surface area contributed by atoms with Crippen molar-refractivity contribution in [2.75, 3.05) is 0 Å². The van der Waals surface area contributed by atoms with Crippen molar-refractivity contribution in [1.29, 1.82) is 0 Å². The van der Waals surface area contributed by atoms with Gasteiger partial charge in [0.2, 0.25) is 0 Å². The van der Waals surface area contributed by atoms with Gasteiger partial charge in [-0.25, -0.2) is 0 Å². The molecule has 1 aromatic carbocycles. The van der Waals surface area contributed by atoms with Gasteiger partial charge in [0.25, 0.3) is 0 Å². The lowest BCUT2D eigenvalue weighted by Crippen LogP contribution is -2.20. The number of hydrogen-bond acceptors (Lipinski definition) is 0.